The smallest absolute Gasteiger partial charge is 0.194 e. The normalized spacial score (nSPS) is 16.0. The third-order valence-corrected chi connectivity index (χ3v) is 3.66. The molecule has 0 aromatic heterocycles. The number of aliphatic imine (C=N–C) groups is 1. The molecule has 0 atom stereocenters. The summed E-state index contributed by atoms with van der Waals surface area (Å²) in [7, 11) is 1.68. The predicted octanol–water partition coefficient (Wildman–Crippen LogP) is 1.56. The van der Waals surface area contributed by atoms with Crippen molar-refractivity contribution >= 4 is 11.6 Å². The quantitative estimate of drug-likeness (QED) is 0.509. The number of benzene rings is 1. The van der Waals surface area contributed by atoms with Gasteiger partial charge in [0.1, 0.15) is 5.82 Å². The highest BCUT2D eigenvalue weighted by atomic mass is 19.1. The fourth-order valence-electron chi connectivity index (χ4n) is 2.50. The van der Waals surface area contributed by atoms with Gasteiger partial charge in [-0.1, -0.05) is 0 Å². The topological polar surface area (TPSA) is 40.1 Å². The van der Waals surface area contributed by atoms with E-state index in [4.69, 9.17) is 4.74 Å². The number of hydrogen-bond acceptors (Lipinski definition) is 3. The van der Waals surface area contributed by atoms with E-state index >= 15 is 0 Å². The summed E-state index contributed by atoms with van der Waals surface area (Å²) in [5.41, 5.74) is 1.07. The molecule has 0 amide bonds. The fourth-order valence-corrected chi connectivity index (χ4v) is 2.50. The number of methoxy groups -OCH3 is 1. The van der Waals surface area contributed by atoms with Gasteiger partial charge in [0, 0.05) is 45.5 Å². The van der Waals surface area contributed by atoms with Crippen molar-refractivity contribution in [2.45, 2.75) is 6.92 Å². The van der Waals surface area contributed by atoms with E-state index in [1.54, 1.807) is 7.11 Å². The maximum Gasteiger partial charge on any atom is 0.194 e. The number of ether oxygens (including phenoxy) is 1. The molecule has 0 bridgehead atoms. The van der Waals surface area contributed by atoms with Crippen molar-refractivity contribution in [3.8, 4) is 0 Å². The zero-order valence-electron chi connectivity index (χ0n) is 13.4. The minimum absolute atomic E-state index is 0.193. The summed E-state index contributed by atoms with van der Waals surface area (Å²) >= 11 is 0. The van der Waals surface area contributed by atoms with Gasteiger partial charge in [-0.3, -0.25) is 4.99 Å². The fraction of sp³-hybridized carbons (Fsp3) is 0.562. The predicted molar refractivity (Wildman–Crippen MR) is 88.0 cm³/mol. The summed E-state index contributed by atoms with van der Waals surface area (Å²) in [6.45, 7) is 7.82. The summed E-state index contributed by atoms with van der Waals surface area (Å²) < 4.78 is 18.0. The maximum absolute atomic E-state index is 13.0. The lowest BCUT2D eigenvalue weighted by atomic mass is 10.2. The number of rotatable bonds is 5. The van der Waals surface area contributed by atoms with Gasteiger partial charge in [0.05, 0.1) is 13.2 Å². The standard InChI is InChI=1S/C16H25FN4O/c1-3-18-16(19-8-13-22-2)21-11-9-20(10-12-21)15-6-4-14(17)5-7-15/h4-7H,3,8-13H2,1-2H3,(H,18,19). The first-order chi connectivity index (χ1) is 10.7. The minimum Gasteiger partial charge on any atom is -0.383 e. The van der Waals surface area contributed by atoms with Crippen LogP contribution < -0.4 is 10.2 Å². The summed E-state index contributed by atoms with van der Waals surface area (Å²) in [6, 6.07) is 6.70. The minimum atomic E-state index is -0.193. The zero-order chi connectivity index (χ0) is 15.8. The molecule has 2 rings (SSSR count). The number of nitrogens with zero attached hydrogens (tertiary/aromatic N) is 3. The average molecular weight is 308 g/mol. The second-order valence-electron chi connectivity index (χ2n) is 5.18. The average Bonchev–Trinajstić information content (AvgIpc) is 2.55. The first kappa shape index (κ1) is 16.5. The monoisotopic (exact) mass is 308 g/mol. The first-order valence-corrected chi connectivity index (χ1v) is 7.77. The number of guanidine groups is 1. The number of hydrogen-bond donors (Lipinski definition) is 1. The highest BCUT2D eigenvalue weighted by Crippen LogP contribution is 2.16. The Bertz CT molecular complexity index is 470. The Balaban J connectivity index is 1.91. The molecule has 22 heavy (non-hydrogen) atoms. The molecule has 1 heterocycles. The third kappa shape index (κ3) is 4.59. The Morgan fingerprint density at radius 3 is 2.50 bits per heavy atom. The van der Waals surface area contributed by atoms with Crippen LogP contribution in [0.3, 0.4) is 0 Å². The molecule has 1 aliphatic rings. The molecule has 122 valence electrons. The summed E-state index contributed by atoms with van der Waals surface area (Å²) in [5, 5.41) is 3.33. The van der Waals surface area contributed by atoms with Crippen molar-refractivity contribution in [2.24, 2.45) is 4.99 Å². The number of halogens is 1. The largest absolute Gasteiger partial charge is 0.383 e. The number of nitrogens with one attached hydrogen (secondary N) is 1. The van der Waals surface area contributed by atoms with Crippen LogP contribution in [0.5, 0.6) is 0 Å². The van der Waals surface area contributed by atoms with Crippen LogP contribution in [0, 0.1) is 5.82 Å². The van der Waals surface area contributed by atoms with Crippen LogP contribution in [-0.4, -0.2) is 63.8 Å². The Labute approximate surface area is 131 Å². The van der Waals surface area contributed by atoms with Crippen molar-refractivity contribution in [2.75, 3.05) is 57.9 Å². The number of piperazine rings is 1. The third-order valence-electron chi connectivity index (χ3n) is 3.66. The molecular weight excluding hydrogens is 283 g/mol. The lowest BCUT2D eigenvalue weighted by Gasteiger charge is -2.37. The van der Waals surface area contributed by atoms with E-state index in [2.05, 4.69) is 27.0 Å². The molecule has 1 aromatic rings. The van der Waals surface area contributed by atoms with Gasteiger partial charge in [-0.15, -0.1) is 0 Å². The van der Waals surface area contributed by atoms with Gasteiger partial charge in [0.2, 0.25) is 0 Å². The Morgan fingerprint density at radius 1 is 1.23 bits per heavy atom. The lowest BCUT2D eigenvalue weighted by Crippen LogP contribution is -2.52. The Hall–Kier alpha value is -1.82. The molecule has 5 nitrogen and oxygen atoms in total. The zero-order valence-corrected chi connectivity index (χ0v) is 13.4. The molecule has 6 heteroatoms. The van der Waals surface area contributed by atoms with E-state index in [-0.39, 0.29) is 5.82 Å². The van der Waals surface area contributed by atoms with E-state index in [1.807, 2.05) is 12.1 Å². The van der Waals surface area contributed by atoms with Crippen LogP contribution >= 0.6 is 0 Å². The molecular formula is C16H25FN4O. The van der Waals surface area contributed by atoms with Crippen LogP contribution in [0.25, 0.3) is 0 Å². The van der Waals surface area contributed by atoms with Gasteiger partial charge in [0.15, 0.2) is 5.96 Å². The highest BCUT2D eigenvalue weighted by Gasteiger charge is 2.19. The van der Waals surface area contributed by atoms with E-state index in [1.165, 1.54) is 12.1 Å². The van der Waals surface area contributed by atoms with Gasteiger partial charge >= 0.3 is 0 Å². The molecule has 1 fully saturated rings. The van der Waals surface area contributed by atoms with Gasteiger partial charge < -0.3 is 19.9 Å². The lowest BCUT2D eigenvalue weighted by molar-refractivity contribution is 0.207. The highest BCUT2D eigenvalue weighted by molar-refractivity contribution is 5.80. The molecule has 1 N–H and O–H groups in total. The van der Waals surface area contributed by atoms with Gasteiger partial charge in [-0.05, 0) is 31.2 Å². The Morgan fingerprint density at radius 2 is 1.91 bits per heavy atom. The van der Waals surface area contributed by atoms with Gasteiger partial charge in [0.25, 0.3) is 0 Å². The second kappa shape index (κ2) is 8.58. The number of anilines is 1. The second-order valence-corrected chi connectivity index (χ2v) is 5.18. The molecule has 0 spiro atoms. The maximum atomic E-state index is 13.0. The summed E-state index contributed by atoms with van der Waals surface area (Å²) in [4.78, 5) is 9.11. The molecule has 1 aromatic carbocycles. The molecule has 0 saturated carbocycles. The first-order valence-electron chi connectivity index (χ1n) is 7.77. The molecule has 0 aliphatic carbocycles. The van der Waals surface area contributed by atoms with Crippen molar-refractivity contribution in [3.05, 3.63) is 30.1 Å². The van der Waals surface area contributed by atoms with Crippen LogP contribution in [0.2, 0.25) is 0 Å². The Kier molecular flexibility index (Phi) is 6.45. The van der Waals surface area contributed by atoms with Crippen LogP contribution in [-0.2, 0) is 4.74 Å². The summed E-state index contributed by atoms with van der Waals surface area (Å²) in [5.74, 6) is 0.750. The van der Waals surface area contributed by atoms with Crippen LogP contribution in [0.15, 0.2) is 29.3 Å². The van der Waals surface area contributed by atoms with E-state index in [9.17, 15) is 4.39 Å². The molecule has 0 unspecified atom stereocenters. The molecule has 1 aliphatic heterocycles. The van der Waals surface area contributed by atoms with Gasteiger partial charge in [-0.2, -0.15) is 0 Å². The van der Waals surface area contributed by atoms with Crippen LogP contribution in [0.1, 0.15) is 6.92 Å². The molecule has 1 saturated heterocycles. The van der Waals surface area contributed by atoms with E-state index in [0.29, 0.717) is 13.2 Å². The summed E-state index contributed by atoms with van der Waals surface area (Å²) in [6.07, 6.45) is 0. The van der Waals surface area contributed by atoms with Crippen molar-refractivity contribution in [1.29, 1.82) is 0 Å². The molecule has 0 radical (unpaired) electrons. The van der Waals surface area contributed by atoms with E-state index in [0.717, 1.165) is 44.4 Å². The van der Waals surface area contributed by atoms with Crippen molar-refractivity contribution in [1.82, 2.24) is 10.2 Å². The van der Waals surface area contributed by atoms with Crippen molar-refractivity contribution < 1.29 is 9.13 Å². The van der Waals surface area contributed by atoms with E-state index < -0.39 is 0 Å². The van der Waals surface area contributed by atoms with Gasteiger partial charge in [-0.25, -0.2) is 4.39 Å². The van der Waals surface area contributed by atoms with Crippen LogP contribution in [0.4, 0.5) is 10.1 Å². The SMILES string of the molecule is CCNC(=NCCOC)N1CCN(c2ccc(F)cc2)CC1. The van der Waals surface area contributed by atoms with Crippen molar-refractivity contribution in [3.63, 3.8) is 0 Å².